The number of hydrogen-bond donors (Lipinski definition) is 2. The molecule has 0 radical (unpaired) electrons. The Labute approximate surface area is 188 Å². The van der Waals surface area contributed by atoms with Gasteiger partial charge in [-0.15, -0.1) is 0 Å². The molecule has 0 saturated carbocycles. The minimum absolute atomic E-state index is 0.0183. The summed E-state index contributed by atoms with van der Waals surface area (Å²) < 4.78 is 0. The maximum Gasteiger partial charge on any atom is 0.220 e. The molecule has 3 heteroatoms. The summed E-state index contributed by atoms with van der Waals surface area (Å²) in [6.45, 7) is 0. The summed E-state index contributed by atoms with van der Waals surface area (Å²) >= 11 is 0. The number of nitrogens with one attached hydrogen (secondary N) is 1. The van der Waals surface area contributed by atoms with Crippen molar-refractivity contribution in [3.05, 3.63) is 120 Å². The lowest BCUT2D eigenvalue weighted by Gasteiger charge is -2.35. The van der Waals surface area contributed by atoms with Crippen molar-refractivity contribution in [3.8, 4) is 22.3 Å². The van der Waals surface area contributed by atoms with E-state index in [9.17, 15) is 9.90 Å². The molecule has 1 fully saturated rings. The monoisotopic (exact) mass is 419 g/mol. The quantitative estimate of drug-likeness (QED) is 0.447. The summed E-state index contributed by atoms with van der Waals surface area (Å²) in [7, 11) is 0. The van der Waals surface area contributed by atoms with E-state index in [1.165, 1.54) is 0 Å². The van der Waals surface area contributed by atoms with E-state index >= 15 is 0 Å². The number of carbonyl (C=O) groups is 1. The molecule has 2 N–H and O–H groups in total. The Bertz CT molecular complexity index is 1120. The van der Waals surface area contributed by atoms with Crippen LogP contribution in [0.2, 0.25) is 0 Å². The molecule has 158 valence electrons. The number of benzene rings is 4. The third-order valence-electron chi connectivity index (χ3n) is 6.36. The molecule has 5 rings (SSSR count). The van der Waals surface area contributed by atoms with Gasteiger partial charge in [0.15, 0.2) is 0 Å². The Morgan fingerprint density at radius 3 is 1.41 bits per heavy atom. The standard InChI is InChI=1S/C29H25NO2/c31-28-20-19-27(30-28)29(32,25-15-11-23(12-16-25)21-7-3-1-4-8-21)26-17-13-24(14-18-26)22-9-5-2-6-10-22/h1-18,27,32H,19-20H2,(H,30,31)/t27-/m0/s1. The van der Waals surface area contributed by atoms with Gasteiger partial charge in [0, 0.05) is 6.42 Å². The van der Waals surface area contributed by atoms with Crippen molar-refractivity contribution in [1.29, 1.82) is 0 Å². The normalized spacial score (nSPS) is 16.0. The minimum atomic E-state index is -1.31. The molecule has 1 heterocycles. The van der Waals surface area contributed by atoms with Crippen LogP contribution in [0, 0.1) is 0 Å². The molecule has 1 atom stereocenters. The van der Waals surface area contributed by atoms with Gasteiger partial charge in [-0.05, 0) is 39.8 Å². The fourth-order valence-corrected chi connectivity index (χ4v) is 4.59. The van der Waals surface area contributed by atoms with Crippen LogP contribution in [0.3, 0.4) is 0 Å². The highest BCUT2D eigenvalue weighted by atomic mass is 16.3. The zero-order valence-corrected chi connectivity index (χ0v) is 17.7. The summed E-state index contributed by atoms with van der Waals surface area (Å²) in [5.41, 5.74) is 4.68. The highest BCUT2D eigenvalue weighted by molar-refractivity contribution is 5.79. The molecule has 0 spiro atoms. The molecule has 32 heavy (non-hydrogen) atoms. The SMILES string of the molecule is O=C1CC[C@@H](C(O)(c2ccc(-c3ccccc3)cc2)c2ccc(-c3ccccc3)cc2)N1. The molecule has 4 aromatic carbocycles. The third kappa shape index (κ3) is 3.72. The molecular weight excluding hydrogens is 394 g/mol. The number of rotatable bonds is 5. The summed E-state index contributed by atoms with van der Waals surface area (Å²) in [6.07, 6.45) is 1.02. The first-order valence-electron chi connectivity index (χ1n) is 11.0. The van der Waals surface area contributed by atoms with E-state index in [1.54, 1.807) is 0 Å². The second-order valence-electron chi connectivity index (χ2n) is 8.31. The number of aliphatic hydroxyl groups is 1. The van der Waals surface area contributed by atoms with Crippen molar-refractivity contribution in [1.82, 2.24) is 5.32 Å². The zero-order chi connectivity index (χ0) is 22.0. The highest BCUT2D eigenvalue weighted by Crippen LogP contribution is 2.38. The maximum absolute atomic E-state index is 12.1. The molecule has 0 bridgehead atoms. The molecule has 0 unspecified atom stereocenters. The first-order chi connectivity index (χ1) is 15.6. The first kappa shape index (κ1) is 20.2. The molecule has 3 nitrogen and oxygen atoms in total. The molecule has 1 amide bonds. The van der Waals surface area contributed by atoms with Gasteiger partial charge in [0.25, 0.3) is 0 Å². The van der Waals surface area contributed by atoms with Crippen molar-refractivity contribution in [2.75, 3.05) is 0 Å². The Kier molecular flexibility index (Phi) is 5.34. The lowest BCUT2D eigenvalue weighted by molar-refractivity contribution is -0.120. The van der Waals surface area contributed by atoms with Gasteiger partial charge in [-0.25, -0.2) is 0 Å². The van der Waals surface area contributed by atoms with Crippen LogP contribution in [-0.2, 0) is 10.4 Å². The second-order valence-corrected chi connectivity index (χ2v) is 8.31. The van der Waals surface area contributed by atoms with Gasteiger partial charge in [0.1, 0.15) is 5.60 Å². The van der Waals surface area contributed by atoms with Crippen LogP contribution in [0.1, 0.15) is 24.0 Å². The highest BCUT2D eigenvalue weighted by Gasteiger charge is 2.43. The van der Waals surface area contributed by atoms with Crippen molar-refractivity contribution in [2.45, 2.75) is 24.5 Å². The maximum atomic E-state index is 12.1. The smallest absolute Gasteiger partial charge is 0.220 e. The van der Waals surface area contributed by atoms with Gasteiger partial charge < -0.3 is 10.4 Å². The lowest BCUT2D eigenvalue weighted by atomic mass is 9.78. The molecule has 4 aromatic rings. The predicted molar refractivity (Wildman–Crippen MR) is 128 cm³/mol. The second kappa shape index (κ2) is 8.45. The minimum Gasteiger partial charge on any atom is -0.378 e. The Balaban J connectivity index is 1.54. The molecule has 0 aromatic heterocycles. The van der Waals surface area contributed by atoms with Crippen LogP contribution in [0.15, 0.2) is 109 Å². The topological polar surface area (TPSA) is 49.3 Å². The number of hydrogen-bond acceptors (Lipinski definition) is 2. The fourth-order valence-electron chi connectivity index (χ4n) is 4.59. The Morgan fingerprint density at radius 2 is 1.03 bits per heavy atom. The Morgan fingerprint density at radius 1 is 0.625 bits per heavy atom. The lowest BCUT2D eigenvalue weighted by Crippen LogP contribution is -2.47. The molecule has 0 aliphatic carbocycles. The molecule has 1 saturated heterocycles. The largest absolute Gasteiger partial charge is 0.378 e. The van der Waals surface area contributed by atoms with Crippen molar-refractivity contribution in [3.63, 3.8) is 0 Å². The number of amides is 1. The van der Waals surface area contributed by atoms with E-state index in [4.69, 9.17) is 0 Å². The van der Waals surface area contributed by atoms with Gasteiger partial charge in [-0.1, -0.05) is 109 Å². The van der Waals surface area contributed by atoms with E-state index in [1.807, 2.05) is 84.9 Å². The van der Waals surface area contributed by atoms with Gasteiger partial charge in [0.2, 0.25) is 5.91 Å². The van der Waals surface area contributed by atoms with Crippen LogP contribution in [-0.4, -0.2) is 17.1 Å². The average molecular weight is 420 g/mol. The van der Waals surface area contributed by atoms with Crippen LogP contribution in [0.4, 0.5) is 0 Å². The fraction of sp³-hybridized carbons (Fsp3) is 0.138. The van der Waals surface area contributed by atoms with Crippen LogP contribution in [0.25, 0.3) is 22.3 Å². The summed E-state index contributed by atoms with van der Waals surface area (Å²) in [4.78, 5) is 12.0. The van der Waals surface area contributed by atoms with Crippen LogP contribution in [0.5, 0.6) is 0 Å². The molecule has 1 aliphatic heterocycles. The molecular formula is C29H25NO2. The van der Waals surface area contributed by atoms with Gasteiger partial charge in [0.05, 0.1) is 6.04 Å². The van der Waals surface area contributed by atoms with E-state index in [2.05, 4.69) is 29.6 Å². The van der Waals surface area contributed by atoms with Crippen molar-refractivity contribution < 1.29 is 9.90 Å². The average Bonchev–Trinajstić information content (AvgIpc) is 3.31. The third-order valence-corrected chi connectivity index (χ3v) is 6.36. The van der Waals surface area contributed by atoms with E-state index < -0.39 is 5.60 Å². The number of carbonyl (C=O) groups excluding carboxylic acids is 1. The first-order valence-corrected chi connectivity index (χ1v) is 11.0. The summed E-state index contributed by atoms with van der Waals surface area (Å²) in [5.74, 6) is -0.0183. The van der Waals surface area contributed by atoms with Crippen LogP contribution < -0.4 is 5.32 Å². The van der Waals surface area contributed by atoms with Gasteiger partial charge in [-0.3, -0.25) is 4.79 Å². The van der Waals surface area contributed by atoms with E-state index in [0.29, 0.717) is 12.8 Å². The summed E-state index contributed by atoms with van der Waals surface area (Å²) in [5, 5.41) is 15.1. The van der Waals surface area contributed by atoms with Crippen molar-refractivity contribution in [2.24, 2.45) is 0 Å². The zero-order valence-electron chi connectivity index (χ0n) is 17.7. The van der Waals surface area contributed by atoms with E-state index in [-0.39, 0.29) is 11.9 Å². The van der Waals surface area contributed by atoms with Crippen LogP contribution >= 0.6 is 0 Å². The van der Waals surface area contributed by atoms with E-state index in [0.717, 1.165) is 33.4 Å². The van der Waals surface area contributed by atoms with Gasteiger partial charge in [-0.2, -0.15) is 0 Å². The Hall–Kier alpha value is -3.69. The van der Waals surface area contributed by atoms with Crippen molar-refractivity contribution >= 4 is 5.91 Å². The summed E-state index contributed by atoms with van der Waals surface area (Å²) in [6, 6.07) is 36.0. The predicted octanol–water partition coefficient (Wildman–Crippen LogP) is 5.54. The van der Waals surface area contributed by atoms with Gasteiger partial charge >= 0.3 is 0 Å². The molecule has 1 aliphatic rings.